The van der Waals surface area contributed by atoms with Gasteiger partial charge in [-0.3, -0.25) is 0 Å². The Kier molecular flexibility index (Phi) is 3.98. The second-order valence-electron chi connectivity index (χ2n) is 4.30. The number of ether oxygens (including phenoxy) is 1. The maximum Gasteiger partial charge on any atom is 0.410 e. The van der Waals surface area contributed by atoms with Crippen molar-refractivity contribution in [1.82, 2.24) is 4.90 Å². The number of likely N-dealkylation sites (tertiary alicyclic amines) is 1. The standard InChI is InChI=1S/C13H17NO3/c15-12-6-8-14(9-7-12)13(16)17-10-11-4-2-1-3-5-11/h1-5,12,15H,6-10H2/p+1. The average Bonchev–Trinajstić information content (AvgIpc) is 2.38. The number of hydrogen-bond acceptors (Lipinski definition) is 2. The molecule has 4 heteroatoms. The Balaban J connectivity index is 1.78. The minimum absolute atomic E-state index is 0.0202. The first kappa shape index (κ1) is 11.9. The van der Waals surface area contributed by atoms with Crippen molar-refractivity contribution in [3.8, 4) is 0 Å². The summed E-state index contributed by atoms with van der Waals surface area (Å²) in [4.78, 5) is 13.4. The van der Waals surface area contributed by atoms with Crippen LogP contribution in [0.5, 0.6) is 0 Å². The third-order valence-electron chi connectivity index (χ3n) is 2.96. The summed E-state index contributed by atoms with van der Waals surface area (Å²) in [6, 6.07) is 9.65. The minimum Gasteiger partial charge on any atom is -0.445 e. The SMILES string of the molecule is O=C(OCc1ccccc1)N1CCC([OH2+])CC1. The molecule has 0 aromatic heterocycles. The number of amides is 1. The van der Waals surface area contributed by atoms with Crippen LogP contribution < -0.4 is 0 Å². The van der Waals surface area contributed by atoms with E-state index in [1.165, 1.54) is 0 Å². The van der Waals surface area contributed by atoms with Crippen molar-refractivity contribution in [3.05, 3.63) is 35.9 Å². The molecule has 0 aliphatic carbocycles. The highest BCUT2D eigenvalue weighted by molar-refractivity contribution is 5.67. The van der Waals surface area contributed by atoms with Crippen LogP contribution in [0.25, 0.3) is 0 Å². The Morgan fingerprint density at radius 2 is 1.94 bits per heavy atom. The van der Waals surface area contributed by atoms with E-state index in [1.807, 2.05) is 30.3 Å². The maximum absolute atomic E-state index is 11.7. The number of rotatable bonds is 2. The van der Waals surface area contributed by atoms with Crippen molar-refractivity contribution < 1.29 is 14.6 Å². The second-order valence-corrected chi connectivity index (χ2v) is 4.30. The van der Waals surface area contributed by atoms with Gasteiger partial charge in [-0.1, -0.05) is 30.3 Å². The van der Waals surface area contributed by atoms with Crippen molar-refractivity contribution in [2.24, 2.45) is 0 Å². The molecule has 1 fully saturated rings. The van der Waals surface area contributed by atoms with Crippen LogP contribution in [0.4, 0.5) is 4.79 Å². The third-order valence-corrected chi connectivity index (χ3v) is 2.96. The summed E-state index contributed by atoms with van der Waals surface area (Å²) in [5, 5.41) is 7.56. The van der Waals surface area contributed by atoms with Crippen molar-refractivity contribution >= 4 is 6.09 Å². The number of hydrogen-bond donors (Lipinski definition) is 0. The van der Waals surface area contributed by atoms with Gasteiger partial charge in [0.2, 0.25) is 0 Å². The normalized spacial score (nSPS) is 16.9. The first-order chi connectivity index (χ1) is 8.25. The first-order valence-corrected chi connectivity index (χ1v) is 5.92. The van der Waals surface area contributed by atoms with E-state index in [4.69, 9.17) is 9.84 Å². The lowest BCUT2D eigenvalue weighted by atomic mass is 10.1. The van der Waals surface area contributed by atoms with Gasteiger partial charge >= 0.3 is 6.09 Å². The van der Waals surface area contributed by atoms with E-state index < -0.39 is 0 Å². The molecular weight excluding hydrogens is 218 g/mol. The highest BCUT2D eigenvalue weighted by atomic mass is 16.6. The molecule has 1 aliphatic rings. The van der Waals surface area contributed by atoms with Crippen LogP contribution in [0.3, 0.4) is 0 Å². The lowest BCUT2D eigenvalue weighted by Gasteiger charge is -2.26. The molecular formula is C13H18NO3+. The van der Waals surface area contributed by atoms with Crippen molar-refractivity contribution in [2.45, 2.75) is 25.6 Å². The number of nitrogens with zero attached hydrogens (tertiary/aromatic N) is 1. The molecule has 1 aromatic rings. The Bertz CT molecular complexity index is 358. The molecule has 92 valence electrons. The number of benzene rings is 1. The van der Waals surface area contributed by atoms with Crippen LogP contribution in [0.15, 0.2) is 30.3 Å². The molecule has 0 saturated carbocycles. The van der Waals surface area contributed by atoms with Gasteiger partial charge in [0.15, 0.2) is 6.10 Å². The molecule has 2 N–H and O–H groups in total. The predicted molar refractivity (Wildman–Crippen MR) is 64.8 cm³/mol. The molecule has 4 nitrogen and oxygen atoms in total. The van der Waals surface area contributed by atoms with Gasteiger partial charge in [0.1, 0.15) is 6.61 Å². The van der Waals surface area contributed by atoms with Crippen LogP contribution >= 0.6 is 0 Å². The zero-order chi connectivity index (χ0) is 12.1. The Morgan fingerprint density at radius 1 is 1.29 bits per heavy atom. The van der Waals surface area contributed by atoms with Crippen molar-refractivity contribution in [2.75, 3.05) is 13.1 Å². The van der Waals surface area contributed by atoms with Crippen LogP contribution in [0.2, 0.25) is 0 Å². The van der Waals surface area contributed by atoms with Crippen LogP contribution in [-0.4, -0.2) is 35.3 Å². The van der Waals surface area contributed by atoms with Crippen LogP contribution in [-0.2, 0) is 11.3 Å². The summed E-state index contributed by atoms with van der Waals surface area (Å²) in [5.74, 6) is 0. The van der Waals surface area contributed by atoms with Gasteiger partial charge in [0.25, 0.3) is 0 Å². The zero-order valence-corrected chi connectivity index (χ0v) is 9.76. The number of piperidine rings is 1. The summed E-state index contributed by atoms with van der Waals surface area (Å²) < 4.78 is 5.23. The monoisotopic (exact) mass is 236 g/mol. The molecule has 0 unspecified atom stereocenters. The van der Waals surface area contributed by atoms with Gasteiger partial charge < -0.3 is 14.7 Å². The summed E-state index contributed by atoms with van der Waals surface area (Å²) in [5.41, 5.74) is 0.997. The van der Waals surface area contributed by atoms with Crippen molar-refractivity contribution in [1.29, 1.82) is 0 Å². The Morgan fingerprint density at radius 3 is 2.59 bits per heavy atom. The topological polar surface area (TPSA) is 52.4 Å². The largest absolute Gasteiger partial charge is 0.445 e. The molecule has 1 amide bonds. The van der Waals surface area contributed by atoms with E-state index in [2.05, 4.69) is 0 Å². The lowest BCUT2D eigenvalue weighted by Crippen LogP contribution is -2.40. The molecule has 0 radical (unpaired) electrons. The van der Waals surface area contributed by atoms with Crippen molar-refractivity contribution in [3.63, 3.8) is 0 Å². The third kappa shape index (κ3) is 3.46. The zero-order valence-electron chi connectivity index (χ0n) is 9.76. The van der Waals surface area contributed by atoms with Crippen LogP contribution in [0, 0.1) is 0 Å². The fourth-order valence-corrected chi connectivity index (χ4v) is 1.87. The predicted octanol–water partition coefficient (Wildman–Crippen LogP) is 1.51. The summed E-state index contributed by atoms with van der Waals surface area (Å²) in [6.07, 6.45) is 1.22. The van der Waals surface area contributed by atoms with E-state index in [9.17, 15) is 4.79 Å². The number of carbonyl (C=O) groups is 1. The average molecular weight is 236 g/mol. The molecule has 1 aromatic carbocycles. The van der Waals surface area contributed by atoms with Gasteiger partial charge in [-0.2, -0.15) is 0 Å². The fraction of sp³-hybridized carbons (Fsp3) is 0.462. The Labute approximate surface area is 101 Å². The van der Waals surface area contributed by atoms with E-state index in [0.717, 1.165) is 18.4 Å². The fourth-order valence-electron chi connectivity index (χ4n) is 1.87. The Hall–Kier alpha value is -1.55. The van der Waals surface area contributed by atoms with Gasteiger partial charge in [-0.15, -0.1) is 0 Å². The molecule has 0 spiro atoms. The molecule has 0 bridgehead atoms. The van der Waals surface area contributed by atoms with Gasteiger partial charge in [-0.05, 0) is 5.56 Å². The molecule has 2 rings (SSSR count). The van der Waals surface area contributed by atoms with Gasteiger partial charge in [-0.25, -0.2) is 4.79 Å². The molecule has 1 aliphatic heterocycles. The van der Waals surface area contributed by atoms with E-state index in [0.29, 0.717) is 19.7 Å². The molecule has 1 saturated heterocycles. The highest BCUT2D eigenvalue weighted by Crippen LogP contribution is 2.11. The second kappa shape index (κ2) is 5.68. The lowest BCUT2D eigenvalue weighted by molar-refractivity contribution is 0.0560. The van der Waals surface area contributed by atoms with E-state index >= 15 is 0 Å². The van der Waals surface area contributed by atoms with Gasteiger partial charge in [0.05, 0.1) is 0 Å². The summed E-state index contributed by atoms with van der Waals surface area (Å²) in [7, 11) is 0. The van der Waals surface area contributed by atoms with Gasteiger partial charge in [0, 0.05) is 25.9 Å². The maximum atomic E-state index is 11.7. The first-order valence-electron chi connectivity index (χ1n) is 5.92. The quantitative estimate of drug-likeness (QED) is 0.731. The minimum atomic E-state index is -0.263. The smallest absolute Gasteiger partial charge is 0.410 e. The molecule has 1 heterocycles. The summed E-state index contributed by atoms with van der Waals surface area (Å²) in [6.45, 7) is 1.60. The molecule has 17 heavy (non-hydrogen) atoms. The van der Waals surface area contributed by atoms with E-state index in [1.54, 1.807) is 4.90 Å². The number of carbonyl (C=O) groups excluding carboxylic acids is 1. The molecule has 0 atom stereocenters. The van der Waals surface area contributed by atoms with Crippen LogP contribution in [0.1, 0.15) is 18.4 Å². The highest BCUT2D eigenvalue weighted by Gasteiger charge is 2.24. The van der Waals surface area contributed by atoms with E-state index in [-0.39, 0.29) is 12.2 Å². The summed E-state index contributed by atoms with van der Waals surface area (Å²) >= 11 is 0.